The maximum atomic E-state index is 5.45. The number of para-hydroxylation sites is 2. The summed E-state index contributed by atoms with van der Waals surface area (Å²) < 4.78 is 5.03. The van der Waals surface area contributed by atoms with Crippen LogP contribution >= 0.6 is 11.3 Å². The monoisotopic (exact) mass is 601 g/mol. The van der Waals surface area contributed by atoms with Crippen LogP contribution in [0.4, 0.5) is 0 Å². The van der Waals surface area contributed by atoms with Crippen LogP contribution in [0, 0.1) is 0 Å². The Bertz CT molecular complexity index is 2910. The SMILES string of the molecule is c1ccc(-c2ccccc2-c2nc3ccccc3nc2-n2c3ccc4cccc5c4c3c3c4c(ccc32)sc2cccc-5c24)cc1. The van der Waals surface area contributed by atoms with E-state index in [0.717, 1.165) is 50.3 Å². The van der Waals surface area contributed by atoms with Crippen molar-refractivity contribution in [3.63, 3.8) is 0 Å². The van der Waals surface area contributed by atoms with Crippen molar-refractivity contribution in [2.24, 2.45) is 0 Å². The lowest BCUT2D eigenvalue weighted by molar-refractivity contribution is 1.08. The second-order valence-electron chi connectivity index (χ2n) is 12.1. The summed E-state index contributed by atoms with van der Waals surface area (Å²) in [6, 6.07) is 50.1. The standard InChI is InChI=1S/C42H23N3S/c1-2-10-24(11-3-1)26-13-4-5-14-29(26)41-42(44-31-18-7-6-17-30(31)43-41)45-32-21-20-25-12-8-15-27-28-16-9-19-34-37(28)40-35(46-34)23-22-33(45)39(40)38(32)36(25)27/h1-23H. The Morgan fingerprint density at radius 2 is 1.04 bits per heavy atom. The highest BCUT2D eigenvalue weighted by molar-refractivity contribution is 7.26. The van der Waals surface area contributed by atoms with Gasteiger partial charge in [0.15, 0.2) is 5.82 Å². The fourth-order valence-electron chi connectivity index (χ4n) is 7.84. The quantitative estimate of drug-likeness (QED) is 0.202. The topological polar surface area (TPSA) is 30.7 Å². The summed E-state index contributed by atoms with van der Waals surface area (Å²) >= 11 is 1.89. The molecule has 0 atom stereocenters. The van der Waals surface area contributed by atoms with Crippen LogP contribution in [-0.4, -0.2) is 14.5 Å². The molecule has 3 heterocycles. The lowest BCUT2D eigenvalue weighted by Crippen LogP contribution is -2.04. The Balaban J connectivity index is 1.37. The summed E-state index contributed by atoms with van der Waals surface area (Å²) in [7, 11) is 0. The molecular weight excluding hydrogens is 579 g/mol. The van der Waals surface area contributed by atoms with Gasteiger partial charge in [0, 0.05) is 36.5 Å². The van der Waals surface area contributed by atoms with Crippen LogP contribution in [0.15, 0.2) is 140 Å². The van der Waals surface area contributed by atoms with Crippen LogP contribution in [0.25, 0.3) is 103 Å². The van der Waals surface area contributed by atoms with E-state index in [0.29, 0.717) is 0 Å². The molecule has 0 saturated carbocycles. The molecule has 0 bridgehead atoms. The van der Waals surface area contributed by atoms with Crippen molar-refractivity contribution in [2.75, 3.05) is 0 Å². The van der Waals surface area contributed by atoms with Crippen molar-refractivity contribution in [1.29, 1.82) is 0 Å². The predicted octanol–water partition coefficient (Wildman–Crippen LogP) is 11.6. The molecule has 3 nitrogen and oxygen atoms in total. The van der Waals surface area contributed by atoms with Crippen LogP contribution in [0.3, 0.4) is 0 Å². The van der Waals surface area contributed by atoms with Gasteiger partial charge in [0.2, 0.25) is 0 Å². The van der Waals surface area contributed by atoms with Gasteiger partial charge in [0.1, 0.15) is 5.69 Å². The lowest BCUT2D eigenvalue weighted by Gasteiger charge is -2.17. The molecule has 0 spiro atoms. The predicted molar refractivity (Wildman–Crippen MR) is 194 cm³/mol. The third kappa shape index (κ3) is 3.11. The van der Waals surface area contributed by atoms with E-state index in [-0.39, 0.29) is 0 Å². The lowest BCUT2D eigenvalue weighted by atomic mass is 9.95. The van der Waals surface area contributed by atoms with Gasteiger partial charge in [-0.05, 0) is 69.4 Å². The summed E-state index contributed by atoms with van der Waals surface area (Å²) in [6.07, 6.45) is 0. The van der Waals surface area contributed by atoms with E-state index in [4.69, 9.17) is 9.97 Å². The summed E-state index contributed by atoms with van der Waals surface area (Å²) in [4.78, 5) is 10.8. The van der Waals surface area contributed by atoms with Gasteiger partial charge in [-0.2, -0.15) is 0 Å². The molecule has 3 aromatic heterocycles. The first-order valence-electron chi connectivity index (χ1n) is 15.6. The minimum absolute atomic E-state index is 0.846. The number of nitrogens with zero attached hydrogens (tertiary/aromatic N) is 3. The smallest absolute Gasteiger partial charge is 0.165 e. The molecule has 4 heteroatoms. The molecule has 7 aromatic carbocycles. The molecule has 0 radical (unpaired) electrons. The first kappa shape index (κ1) is 24.5. The summed E-state index contributed by atoms with van der Waals surface area (Å²) in [5, 5.41) is 7.87. The molecule has 46 heavy (non-hydrogen) atoms. The zero-order chi connectivity index (χ0) is 29.9. The van der Waals surface area contributed by atoms with E-state index in [1.54, 1.807) is 0 Å². The van der Waals surface area contributed by atoms with E-state index >= 15 is 0 Å². The molecule has 0 fully saturated rings. The number of hydrogen-bond acceptors (Lipinski definition) is 3. The van der Waals surface area contributed by atoms with Crippen LogP contribution < -0.4 is 0 Å². The van der Waals surface area contributed by atoms with E-state index in [9.17, 15) is 0 Å². The van der Waals surface area contributed by atoms with Gasteiger partial charge in [0.05, 0.1) is 22.1 Å². The molecule has 1 aliphatic rings. The molecule has 0 saturated heterocycles. The summed E-state index contributed by atoms with van der Waals surface area (Å²) in [6.45, 7) is 0. The first-order chi connectivity index (χ1) is 22.8. The van der Waals surface area contributed by atoms with Crippen LogP contribution in [0.2, 0.25) is 0 Å². The zero-order valence-electron chi connectivity index (χ0n) is 24.5. The maximum absolute atomic E-state index is 5.45. The highest BCUT2D eigenvalue weighted by Crippen LogP contribution is 2.52. The average molecular weight is 602 g/mol. The third-order valence-electron chi connectivity index (χ3n) is 9.72. The average Bonchev–Trinajstić information content (AvgIpc) is 3.62. The van der Waals surface area contributed by atoms with Crippen LogP contribution in [0.1, 0.15) is 0 Å². The fourth-order valence-corrected chi connectivity index (χ4v) is 8.98. The Morgan fingerprint density at radius 1 is 0.413 bits per heavy atom. The number of rotatable bonds is 3. The minimum atomic E-state index is 0.846. The molecule has 1 aliphatic carbocycles. The molecule has 0 N–H and O–H groups in total. The first-order valence-corrected chi connectivity index (χ1v) is 16.4. The Kier molecular flexibility index (Phi) is 4.72. The second kappa shape index (κ2) is 8.87. The Labute approximate surface area is 267 Å². The molecule has 11 rings (SSSR count). The molecule has 212 valence electrons. The van der Waals surface area contributed by atoms with Gasteiger partial charge in [-0.15, -0.1) is 11.3 Å². The Hall–Kier alpha value is -5.84. The van der Waals surface area contributed by atoms with E-state index in [1.165, 1.54) is 52.8 Å². The number of thiophene rings is 1. The highest BCUT2D eigenvalue weighted by Gasteiger charge is 2.27. The Morgan fingerprint density at radius 3 is 1.89 bits per heavy atom. The molecule has 10 aromatic rings. The van der Waals surface area contributed by atoms with Gasteiger partial charge < -0.3 is 0 Å². The summed E-state index contributed by atoms with van der Waals surface area (Å²) in [5.74, 6) is 0.846. The third-order valence-corrected chi connectivity index (χ3v) is 10.8. The van der Waals surface area contributed by atoms with E-state index in [2.05, 4.69) is 132 Å². The van der Waals surface area contributed by atoms with Crippen molar-refractivity contribution in [3.8, 4) is 39.3 Å². The van der Waals surface area contributed by atoms with Crippen molar-refractivity contribution in [2.45, 2.75) is 0 Å². The molecule has 0 amide bonds. The van der Waals surface area contributed by atoms with Gasteiger partial charge in [0.25, 0.3) is 0 Å². The maximum Gasteiger partial charge on any atom is 0.165 e. The van der Waals surface area contributed by atoms with Gasteiger partial charge >= 0.3 is 0 Å². The molecule has 0 unspecified atom stereocenters. The number of aromatic nitrogens is 3. The van der Waals surface area contributed by atoms with E-state index < -0.39 is 0 Å². The van der Waals surface area contributed by atoms with Crippen molar-refractivity contribution >= 4 is 75.1 Å². The fraction of sp³-hybridized carbons (Fsp3) is 0. The highest BCUT2D eigenvalue weighted by atomic mass is 32.1. The number of benzene rings is 7. The number of fused-ring (bicyclic) bond motifs is 2. The zero-order valence-corrected chi connectivity index (χ0v) is 25.3. The molecule has 0 aliphatic heterocycles. The van der Waals surface area contributed by atoms with Gasteiger partial charge in [-0.3, -0.25) is 4.57 Å². The second-order valence-corrected chi connectivity index (χ2v) is 13.2. The van der Waals surface area contributed by atoms with E-state index in [1.807, 2.05) is 23.5 Å². The van der Waals surface area contributed by atoms with Gasteiger partial charge in [-0.1, -0.05) is 103 Å². The van der Waals surface area contributed by atoms with Gasteiger partial charge in [-0.25, -0.2) is 9.97 Å². The van der Waals surface area contributed by atoms with Crippen molar-refractivity contribution < 1.29 is 0 Å². The normalized spacial score (nSPS) is 12.3. The largest absolute Gasteiger partial charge is 0.292 e. The van der Waals surface area contributed by atoms with Crippen molar-refractivity contribution in [3.05, 3.63) is 140 Å². The minimum Gasteiger partial charge on any atom is -0.292 e. The molecular formula is C42H23N3S. The van der Waals surface area contributed by atoms with Crippen LogP contribution in [-0.2, 0) is 0 Å². The van der Waals surface area contributed by atoms with Crippen molar-refractivity contribution in [1.82, 2.24) is 14.5 Å². The van der Waals surface area contributed by atoms with Crippen LogP contribution in [0.5, 0.6) is 0 Å². The number of hydrogen-bond donors (Lipinski definition) is 0. The summed E-state index contributed by atoms with van der Waals surface area (Å²) in [5.41, 5.74) is 10.9.